The Kier molecular flexibility index (Phi) is 6.24. The number of hydrogen-bond donors (Lipinski definition) is 0. The number of rotatable bonds is 5. The Balaban J connectivity index is 4.04. The maximum atomic E-state index is 11.0. The van der Waals surface area contributed by atoms with E-state index in [9.17, 15) is 4.79 Å². The Morgan fingerprint density at radius 1 is 1.62 bits per heavy atom. The molecule has 0 saturated heterocycles. The summed E-state index contributed by atoms with van der Waals surface area (Å²) in [6.45, 7) is 10.8. The van der Waals surface area contributed by atoms with E-state index < -0.39 is 12.1 Å². The molecule has 0 aliphatic rings. The Bertz CT molecular complexity index is 220. The van der Waals surface area contributed by atoms with Crippen molar-refractivity contribution in [2.75, 3.05) is 13.2 Å². The highest BCUT2D eigenvalue weighted by atomic mass is 16.5. The van der Waals surface area contributed by atoms with Gasteiger partial charge in [0.05, 0.1) is 13.2 Å². The van der Waals surface area contributed by atoms with Crippen LogP contribution in [0.4, 0.5) is 0 Å². The van der Waals surface area contributed by atoms with Crippen molar-refractivity contribution in [3.05, 3.63) is 11.4 Å². The molecule has 1 unspecified atom stereocenters. The zero-order valence-corrected chi connectivity index (χ0v) is 7.69. The van der Waals surface area contributed by atoms with Crippen LogP contribution in [0.3, 0.4) is 0 Å². The fraction of sp³-hybridized carbons (Fsp3) is 0.625. The van der Waals surface area contributed by atoms with E-state index in [1.165, 1.54) is 0 Å². The van der Waals surface area contributed by atoms with E-state index in [0.29, 0.717) is 6.61 Å². The second kappa shape index (κ2) is 7.10. The molecule has 5 heteroatoms. The Labute approximate surface area is 77.2 Å². The number of carbonyl (C=O) groups excluding carboxylic acids is 1. The minimum atomic E-state index is -1.13. The highest BCUT2D eigenvalue weighted by Gasteiger charge is 2.22. The van der Waals surface area contributed by atoms with Gasteiger partial charge in [-0.05, 0) is 13.8 Å². The zero-order chi connectivity index (χ0) is 10.1. The minimum Gasteiger partial charge on any atom is -0.483 e. The van der Waals surface area contributed by atoms with Crippen LogP contribution in [0.2, 0.25) is 0 Å². The molecule has 0 radical (unpaired) electrons. The van der Waals surface area contributed by atoms with Crippen LogP contribution in [-0.4, -0.2) is 31.7 Å². The van der Waals surface area contributed by atoms with Crippen LogP contribution in [0.5, 0.6) is 0 Å². The SMILES string of the molecule is [C-]#[N+]C(N=COCC)C(=O)OCC. The van der Waals surface area contributed by atoms with Crippen LogP contribution in [-0.2, 0) is 14.3 Å². The highest BCUT2D eigenvalue weighted by Crippen LogP contribution is 1.96. The van der Waals surface area contributed by atoms with Crippen LogP contribution < -0.4 is 0 Å². The van der Waals surface area contributed by atoms with E-state index in [1.807, 2.05) is 0 Å². The number of ether oxygens (including phenoxy) is 2. The normalized spacial score (nSPS) is 12.1. The van der Waals surface area contributed by atoms with Crippen molar-refractivity contribution in [2.24, 2.45) is 4.99 Å². The van der Waals surface area contributed by atoms with Gasteiger partial charge in [-0.1, -0.05) is 0 Å². The molecule has 72 valence electrons. The molecular weight excluding hydrogens is 172 g/mol. The molecular formula is C8H12N2O3. The van der Waals surface area contributed by atoms with Crippen molar-refractivity contribution in [3.63, 3.8) is 0 Å². The van der Waals surface area contributed by atoms with E-state index in [0.717, 1.165) is 6.40 Å². The van der Waals surface area contributed by atoms with Gasteiger partial charge in [0.25, 0.3) is 0 Å². The Hall–Kier alpha value is -1.57. The molecule has 0 aromatic carbocycles. The topological polar surface area (TPSA) is 52.2 Å². The molecule has 5 nitrogen and oxygen atoms in total. The summed E-state index contributed by atoms with van der Waals surface area (Å²) in [5.74, 6) is -0.645. The van der Waals surface area contributed by atoms with Crippen molar-refractivity contribution >= 4 is 12.4 Å². The van der Waals surface area contributed by atoms with Crippen LogP contribution >= 0.6 is 0 Å². The van der Waals surface area contributed by atoms with Gasteiger partial charge in [-0.15, -0.1) is 0 Å². The average molecular weight is 184 g/mol. The number of hydrogen-bond acceptors (Lipinski definition) is 4. The first kappa shape index (κ1) is 11.4. The number of aliphatic imine (C=N–C) groups is 1. The van der Waals surface area contributed by atoms with Crippen LogP contribution in [0.1, 0.15) is 13.8 Å². The summed E-state index contributed by atoms with van der Waals surface area (Å²) >= 11 is 0. The second-order valence-corrected chi connectivity index (χ2v) is 1.96. The fourth-order valence-electron chi connectivity index (χ4n) is 0.539. The van der Waals surface area contributed by atoms with Crippen molar-refractivity contribution < 1.29 is 14.3 Å². The molecule has 0 bridgehead atoms. The summed E-state index contributed by atoms with van der Waals surface area (Å²) in [4.78, 5) is 17.5. The first-order valence-corrected chi connectivity index (χ1v) is 3.92. The van der Waals surface area contributed by atoms with Gasteiger partial charge < -0.3 is 9.47 Å². The maximum Gasteiger partial charge on any atom is 0.415 e. The van der Waals surface area contributed by atoms with Gasteiger partial charge in [0.15, 0.2) is 6.40 Å². The molecule has 0 aromatic heterocycles. The standard InChI is InChI=1S/C8H12N2O3/c1-4-12-6-10-7(9-3)8(11)13-5-2/h6-7H,4-5H2,1-2H3. The van der Waals surface area contributed by atoms with E-state index in [-0.39, 0.29) is 6.61 Å². The highest BCUT2D eigenvalue weighted by molar-refractivity contribution is 5.78. The summed E-state index contributed by atoms with van der Waals surface area (Å²) in [6, 6.07) is 0. The fourth-order valence-corrected chi connectivity index (χ4v) is 0.539. The summed E-state index contributed by atoms with van der Waals surface area (Å²) in [6.07, 6.45) is -0.0360. The summed E-state index contributed by atoms with van der Waals surface area (Å²) in [5.41, 5.74) is 0. The number of nitrogens with zero attached hydrogens (tertiary/aromatic N) is 2. The molecule has 0 saturated carbocycles. The van der Waals surface area contributed by atoms with Crippen molar-refractivity contribution in [1.29, 1.82) is 0 Å². The predicted molar refractivity (Wildman–Crippen MR) is 47.1 cm³/mol. The third-order valence-corrected chi connectivity index (χ3v) is 1.06. The average Bonchev–Trinajstić information content (AvgIpc) is 2.13. The van der Waals surface area contributed by atoms with Crippen molar-refractivity contribution in [1.82, 2.24) is 0 Å². The second-order valence-electron chi connectivity index (χ2n) is 1.96. The molecule has 0 heterocycles. The number of esters is 1. The lowest BCUT2D eigenvalue weighted by molar-refractivity contribution is -0.143. The Morgan fingerprint density at radius 2 is 2.31 bits per heavy atom. The molecule has 1 atom stereocenters. The van der Waals surface area contributed by atoms with Gasteiger partial charge in [0.1, 0.15) is 0 Å². The first-order chi connectivity index (χ1) is 6.26. The van der Waals surface area contributed by atoms with E-state index in [4.69, 9.17) is 11.3 Å². The van der Waals surface area contributed by atoms with Gasteiger partial charge in [0.2, 0.25) is 0 Å². The predicted octanol–water partition coefficient (Wildman–Crippen LogP) is 0.860. The molecule has 0 amide bonds. The van der Waals surface area contributed by atoms with Crippen LogP contribution in [0.25, 0.3) is 4.85 Å². The Morgan fingerprint density at radius 3 is 2.77 bits per heavy atom. The van der Waals surface area contributed by atoms with Crippen molar-refractivity contribution in [2.45, 2.75) is 20.0 Å². The van der Waals surface area contributed by atoms with E-state index in [2.05, 4.69) is 14.6 Å². The minimum absolute atomic E-state index is 0.245. The van der Waals surface area contributed by atoms with E-state index >= 15 is 0 Å². The van der Waals surface area contributed by atoms with Crippen LogP contribution in [0, 0.1) is 6.57 Å². The van der Waals surface area contributed by atoms with Gasteiger partial charge in [-0.25, -0.2) is 11.4 Å². The van der Waals surface area contributed by atoms with Crippen molar-refractivity contribution in [3.8, 4) is 0 Å². The van der Waals surface area contributed by atoms with Gasteiger partial charge in [-0.3, -0.25) is 4.85 Å². The molecule has 0 rings (SSSR count). The van der Waals surface area contributed by atoms with Crippen LogP contribution in [0.15, 0.2) is 4.99 Å². The quantitative estimate of drug-likeness (QED) is 0.275. The third-order valence-electron chi connectivity index (χ3n) is 1.06. The van der Waals surface area contributed by atoms with Gasteiger partial charge in [0, 0.05) is 0 Å². The third kappa shape index (κ3) is 4.80. The largest absolute Gasteiger partial charge is 0.483 e. The molecule has 13 heavy (non-hydrogen) atoms. The lowest BCUT2D eigenvalue weighted by atomic mass is 10.5. The lowest BCUT2D eigenvalue weighted by Gasteiger charge is -1.99. The molecule has 0 spiro atoms. The first-order valence-electron chi connectivity index (χ1n) is 3.92. The molecule has 0 fully saturated rings. The summed E-state index contributed by atoms with van der Waals surface area (Å²) in [5, 5.41) is 0. The number of carbonyl (C=O) groups is 1. The van der Waals surface area contributed by atoms with Gasteiger partial charge in [-0.2, -0.15) is 4.99 Å². The lowest BCUT2D eigenvalue weighted by Crippen LogP contribution is -2.18. The molecule has 0 aliphatic heterocycles. The zero-order valence-electron chi connectivity index (χ0n) is 7.69. The summed E-state index contributed by atoms with van der Waals surface area (Å²) < 4.78 is 9.35. The smallest absolute Gasteiger partial charge is 0.415 e. The molecule has 0 N–H and O–H groups in total. The van der Waals surface area contributed by atoms with E-state index in [1.54, 1.807) is 13.8 Å². The molecule has 0 aromatic rings. The maximum absolute atomic E-state index is 11.0. The van der Waals surface area contributed by atoms with Gasteiger partial charge >= 0.3 is 12.1 Å². The monoisotopic (exact) mass is 184 g/mol. The molecule has 0 aliphatic carbocycles. The summed E-state index contributed by atoms with van der Waals surface area (Å²) in [7, 11) is 0.